The van der Waals surface area contributed by atoms with Gasteiger partial charge in [0, 0.05) is 24.7 Å². The molecule has 1 aromatic heterocycles. The zero-order chi connectivity index (χ0) is 15.7. The van der Waals surface area contributed by atoms with Crippen molar-refractivity contribution >= 4 is 5.91 Å². The zero-order valence-corrected chi connectivity index (χ0v) is 12.4. The molecule has 0 saturated heterocycles. The highest BCUT2D eigenvalue weighted by molar-refractivity contribution is 5.94. The Bertz CT molecular complexity index is 705. The standard InChI is InChI=1S/C16H19N3O3/c1-19-14(12(9-18-19)10-4-2-5-10)16(22)17-8-11-6-3-7-13(20)15(11)21/h3,6-7,9-10,20-21H,2,4-5,8H2,1H3,(H,17,22). The van der Waals surface area contributed by atoms with Gasteiger partial charge in [-0.1, -0.05) is 18.6 Å². The first kappa shape index (κ1) is 14.4. The number of aromatic nitrogens is 2. The van der Waals surface area contributed by atoms with Crippen molar-refractivity contribution in [3.8, 4) is 11.5 Å². The second-order valence-electron chi connectivity index (χ2n) is 5.67. The lowest BCUT2D eigenvalue weighted by Gasteiger charge is -2.25. The van der Waals surface area contributed by atoms with Gasteiger partial charge in [-0.05, 0) is 24.8 Å². The topological polar surface area (TPSA) is 87.4 Å². The van der Waals surface area contributed by atoms with E-state index in [1.807, 2.05) is 0 Å². The first-order chi connectivity index (χ1) is 10.6. The molecule has 3 N–H and O–H groups in total. The number of benzene rings is 1. The van der Waals surface area contributed by atoms with Crippen molar-refractivity contribution in [2.75, 3.05) is 0 Å². The van der Waals surface area contributed by atoms with E-state index in [1.54, 1.807) is 30.1 Å². The van der Waals surface area contributed by atoms with Crippen molar-refractivity contribution in [2.24, 2.45) is 7.05 Å². The van der Waals surface area contributed by atoms with E-state index >= 15 is 0 Å². The van der Waals surface area contributed by atoms with Crippen LogP contribution in [-0.4, -0.2) is 25.9 Å². The van der Waals surface area contributed by atoms with Crippen LogP contribution in [0.25, 0.3) is 0 Å². The summed E-state index contributed by atoms with van der Waals surface area (Å²) >= 11 is 0. The summed E-state index contributed by atoms with van der Waals surface area (Å²) in [4.78, 5) is 12.4. The number of nitrogens with zero attached hydrogens (tertiary/aromatic N) is 2. The van der Waals surface area contributed by atoms with Crippen LogP contribution in [0.1, 0.15) is 46.8 Å². The molecule has 2 aromatic rings. The van der Waals surface area contributed by atoms with Gasteiger partial charge in [0.25, 0.3) is 5.91 Å². The summed E-state index contributed by atoms with van der Waals surface area (Å²) in [7, 11) is 1.75. The van der Waals surface area contributed by atoms with Crippen LogP contribution in [0.2, 0.25) is 0 Å². The van der Waals surface area contributed by atoms with Crippen LogP contribution in [0.15, 0.2) is 24.4 Å². The Hall–Kier alpha value is -2.50. The van der Waals surface area contributed by atoms with Crippen LogP contribution in [0.5, 0.6) is 11.5 Å². The van der Waals surface area contributed by atoms with E-state index in [0.717, 1.165) is 18.4 Å². The number of aromatic hydroxyl groups is 2. The summed E-state index contributed by atoms with van der Waals surface area (Å²) in [5, 5.41) is 26.2. The summed E-state index contributed by atoms with van der Waals surface area (Å²) in [6.07, 6.45) is 5.15. The third-order valence-corrected chi connectivity index (χ3v) is 4.26. The number of carbonyl (C=O) groups is 1. The smallest absolute Gasteiger partial charge is 0.270 e. The fraction of sp³-hybridized carbons (Fsp3) is 0.375. The van der Waals surface area contributed by atoms with Gasteiger partial charge in [-0.3, -0.25) is 9.48 Å². The van der Waals surface area contributed by atoms with Gasteiger partial charge in [0.2, 0.25) is 0 Å². The number of para-hydroxylation sites is 1. The molecule has 3 rings (SSSR count). The van der Waals surface area contributed by atoms with Gasteiger partial charge in [0.05, 0.1) is 6.20 Å². The average Bonchev–Trinajstić information content (AvgIpc) is 2.80. The molecule has 1 aliphatic carbocycles. The maximum absolute atomic E-state index is 12.4. The van der Waals surface area contributed by atoms with Crippen molar-refractivity contribution in [2.45, 2.75) is 31.7 Å². The van der Waals surface area contributed by atoms with Crippen molar-refractivity contribution in [1.82, 2.24) is 15.1 Å². The van der Waals surface area contributed by atoms with Crippen LogP contribution in [0.4, 0.5) is 0 Å². The molecule has 1 aromatic carbocycles. The van der Waals surface area contributed by atoms with Crippen molar-refractivity contribution < 1.29 is 15.0 Å². The van der Waals surface area contributed by atoms with Crippen molar-refractivity contribution in [1.29, 1.82) is 0 Å². The number of nitrogens with one attached hydrogen (secondary N) is 1. The van der Waals surface area contributed by atoms with E-state index in [-0.39, 0.29) is 24.0 Å². The predicted molar refractivity (Wildman–Crippen MR) is 80.7 cm³/mol. The summed E-state index contributed by atoms with van der Waals surface area (Å²) in [6, 6.07) is 4.68. The molecule has 22 heavy (non-hydrogen) atoms. The molecule has 0 aliphatic heterocycles. The number of aryl methyl sites for hydroxylation is 1. The first-order valence-corrected chi connectivity index (χ1v) is 7.38. The number of carbonyl (C=O) groups excluding carboxylic acids is 1. The highest BCUT2D eigenvalue weighted by Crippen LogP contribution is 2.37. The van der Waals surface area contributed by atoms with E-state index < -0.39 is 0 Å². The van der Waals surface area contributed by atoms with E-state index in [4.69, 9.17) is 0 Å². The first-order valence-electron chi connectivity index (χ1n) is 7.38. The zero-order valence-electron chi connectivity index (χ0n) is 12.4. The van der Waals surface area contributed by atoms with Gasteiger partial charge >= 0.3 is 0 Å². The Morgan fingerprint density at radius 1 is 1.41 bits per heavy atom. The lowest BCUT2D eigenvalue weighted by molar-refractivity contribution is 0.0939. The van der Waals surface area contributed by atoms with Crippen LogP contribution < -0.4 is 5.32 Å². The minimum atomic E-state index is -0.218. The predicted octanol–water partition coefficient (Wildman–Crippen LogP) is 2.03. The van der Waals surface area contributed by atoms with E-state index in [9.17, 15) is 15.0 Å². The Balaban J connectivity index is 1.75. The van der Waals surface area contributed by atoms with Crippen molar-refractivity contribution in [3.63, 3.8) is 0 Å². The van der Waals surface area contributed by atoms with E-state index in [1.165, 1.54) is 12.5 Å². The van der Waals surface area contributed by atoms with Gasteiger partial charge in [-0.25, -0.2) is 0 Å². The lowest BCUT2D eigenvalue weighted by atomic mass is 9.80. The highest BCUT2D eigenvalue weighted by atomic mass is 16.3. The van der Waals surface area contributed by atoms with Crippen molar-refractivity contribution in [3.05, 3.63) is 41.2 Å². The molecule has 0 radical (unpaired) electrons. The molecule has 6 heteroatoms. The Kier molecular flexibility index (Phi) is 3.75. The molecule has 0 bridgehead atoms. The molecule has 0 unspecified atom stereocenters. The molecule has 1 heterocycles. The van der Waals surface area contributed by atoms with Crippen LogP contribution >= 0.6 is 0 Å². The lowest BCUT2D eigenvalue weighted by Crippen LogP contribution is -2.27. The molecular formula is C16H19N3O3. The minimum Gasteiger partial charge on any atom is -0.504 e. The maximum atomic E-state index is 12.4. The number of phenols is 2. The second-order valence-corrected chi connectivity index (χ2v) is 5.67. The third-order valence-electron chi connectivity index (χ3n) is 4.26. The van der Waals surface area contributed by atoms with Gasteiger partial charge in [-0.15, -0.1) is 0 Å². The van der Waals surface area contributed by atoms with Crippen LogP contribution in [0.3, 0.4) is 0 Å². The van der Waals surface area contributed by atoms with Gasteiger partial charge in [0.15, 0.2) is 11.5 Å². The third kappa shape index (κ3) is 2.52. The average molecular weight is 301 g/mol. The molecule has 1 saturated carbocycles. The highest BCUT2D eigenvalue weighted by Gasteiger charge is 2.27. The Labute approximate surface area is 128 Å². The molecule has 0 spiro atoms. The second kappa shape index (κ2) is 5.71. The SMILES string of the molecule is Cn1ncc(C2CCC2)c1C(=O)NCc1cccc(O)c1O. The van der Waals surface area contributed by atoms with Crippen LogP contribution in [0, 0.1) is 0 Å². The Morgan fingerprint density at radius 3 is 2.86 bits per heavy atom. The fourth-order valence-corrected chi connectivity index (χ4v) is 2.73. The quantitative estimate of drug-likeness (QED) is 0.754. The monoisotopic (exact) mass is 301 g/mol. The number of amides is 1. The Morgan fingerprint density at radius 2 is 2.18 bits per heavy atom. The molecule has 1 aliphatic rings. The molecule has 1 amide bonds. The van der Waals surface area contributed by atoms with Gasteiger partial charge in [0.1, 0.15) is 5.69 Å². The summed E-state index contributed by atoms with van der Waals surface area (Å²) in [5.41, 5.74) is 2.04. The molecule has 1 fully saturated rings. The largest absolute Gasteiger partial charge is 0.504 e. The molecule has 6 nitrogen and oxygen atoms in total. The van der Waals surface area contributed by atoms with Crippen LogP contribution in [-0.2, 0) is 13.6 Å². The normalized spacial score (nSPS) is 14.6. The van der Waals surface area contributed by atoms with E-state index in [0.29, 0.717) is 17.2 Å². The van der Waals surface area contributed by atoms with E-state index in [2.05, 4.69) is 10.4 Å². The molecule has 116 valence electrons. The maximum Gasteiger partial charge on any atom is 0.270 e. The number of rotatable bonds is 4. The number of phenolic OH excluding ortho intramolecular Hbond substituents is 2. The minimum absolute atomic E-state index is 0.147. The van der Waals surface area contributed by atoms with Gasteiger partial charge in [-0.2, -0.15) is 5.10 Å². The number of hydrogen-bond donors (Lipinski definition) is 3. The molecule has 0 atom stereocenters. The van der Waals surface area contributed by atoms with Gasteiger partial charge < -0.3 is 15.5 Å². The summed E-state index contributed by atoms with van der Waals surface area (Å²) < 4.78 is 1.59. The fourth-order valence-electron chi connectivity index (χ4n) is 2.73. The summed E-state index contributed by atoms with van der Waals surface area (Å²) in [5.74, 6) is -0.192. The summed E-state index contributed by atoms with van der Waals surface area (Å²) in [6.45, 7) is 0.147. The number of hydrogen-bond acceptors (Lipinski definition) is 4. The molecular weight excluding hydrogens is 282 g/mol.